The fourth-order valence-electron chi connectivity index (χ4n) is 2.88. The second-order valence-corrected chi connectivity index (χ2v) is 5.98. The van der Waals surface area contributed by atoms with E-state index in [1.165, 1.54) is 18.9 Å². The van der Waals surface area contributed by atoms with Gasteiger partial charge in [0, 0.05) is 12.6 Å². The number of halogens is 1. The van der Waals surface area contributed by atoms with E-state index in [1.807, 2.05) is 6.07 Å². The summed E-state index contributed by atoms with van der Waals surface area (Å²) >= 11 is 0. The Kier molecular flexibility index (Phi) is 5.84. The molecule has 1 aromatic carbocycles. The fourth-order valence-corrected chi connectivity index (χ4v) is 2.88. The van der Waals surface area contributed by atoms with Gasteiger partial charge in [0.05, 0.1) is 6.10 Å². The van der Waals surface area contributed by atoms with E-state index in [0.29, 0.717) is 18.2 Å². The van der Waals surface area contributed by atoms with Gasteiger partial charge in [0.1, 0.15) is 11.6 Å². The first-order valence-corrected chi connectivity index (χ1v) is 7.84. The highest BCUT2D eigenvalue weighted by atomic mass is 19.1. The van der Waals surface area contributed by atoms with Gasteiger partial charge < -0.3 is 10.1 Å². The van der Waals surface area contributed by atoms with Crippen molar-refractivity contribution in [1.82, 2.24) is 5.32 Å². The van der Waals surface area contributed by atoms with Gasteiger partial charge in [-0.25, -0.2) is 4.39 Å². The van der Waals surface area contributed by atoms with Gasteiger partial charge in [-0.1, -0.05) is 20.3 Å². The molecule has 1 aliphatic rings. The SMILES string of the molecule is CCCNCc1cc(F)cc(OC2CCCC(C)C2)c1. The lowest BCUT2D eigenvalue weighted by atomic mass is 9.89. The van der Waals surface area contributed by atoms with Crippen LogP contribution in [0.4, 0.5) is 4.39 Å². The lowest BCUT2D eigenvalue weighted by molar-refractivity contribution is 0.128. The van der Waals surface area contributed by atoms with Crippen LogP contribution in [0.15, 0.2) is 18.2 Å². The Balaban J connectivity index is 1.96. The molecule has 0 saturated heterocycles. The minimum absolute atomic E-state index is 0.209. The summed E-state index contributed by atoms with van der Waals surface area (Å²) in [5, 5.41) is 3.29. The van der Waals surface area contributed by atoms with Crippen molar-refractivity contribution in [3.05, 3.63) is 29.6 Å². The number of hydrogen-bond donors (Lipinski definition) is 1. The molecule has 1 fully saturated rings. The van der Waals surface area contributed by atoms with Crippen molar-refractivity contribution in [1.29, 1.82) is 0 Å². The third kappa shape index (κ3) is 4.78. The zero-order chi connectivity index (χ0) is 14.4. The molecule has 2 atom stereocenters. The molecule has 0 aromatic heterocycles. The summed E-state index contributed by atoms with van der Waals surface area (Å²) in [5.41, 5.74) is 0.956. The first kappa shape index (κ1) is 15.3. The largest absolute Gasteiger partial charge is 0.490 e. The summed E-state index contributed by atoms with van der Waals surface area (Å²) in [6.45, 7) is 6.04. The molecule has 0 amide bonds. The van der Waals surface area contributed by atoms with E-state index in [2.05, 4.69) is 19.2 Å². The smallest absolute Gasteiger partial charge is 0.127 e. The second-order valence-electron chi connectivity index (χ2n) is 5.98. The van der Waals surface area contributed by atoms with Crippen LogP contribution >= 0.6 is 0 Å². The Labute approximate surface area is 121 Å². The number of benzene rings is 1. The maximum Gasteiger partial charge on any atom is 0.127 e. The van der Waals surface area contributed by atoms with Crippen LogP contribution in [0.5, 0.6) is 5.75 Å². The van der Waals surface area contributed by atoms with Crippen molar-refractivity contribution in [2.24, 2.45) is 5.92 Å². The number of hydrogen-bond acceptors (Lipinski definition) is 2. The van der Waals surface area contributed by atoms with Crippen LogP contribution in [0.3, 0.4) is 0 Å². The van der Waals surface area contributed by atoms with Gasteiger partial charge in [-0.05, 0) is 55.8 Å². The average molecular weight is 279 g/mol. The molecule has 2 unspecified atom stereocenters. The predicted octanol–water partition coefficient (Wildman–Crippen LogP) is 4.28. The van der Waals surface area contributed by atoms with Gasteiger partial charge in [-0.3, -0.25) is 0 Å². The van der Waals surface area contributed by atoms with Crippen LogP contribution in [0.1, 0.15) is 51.5 Å². The fraction of sp³-hybridized carbons (Fsp3) is 0.647. The molecular weight excluding hydrogens is 253 g/mol. The molecule has 1 aliphatic carbocycles. The molecule has 20 heavy (non-hydrogen) atoms. The summed E-state index contributed by atoms with van der Waals surface area (Å²) < 4.78 is 19.6. The van der Waals surface area contributed by atoms with Gasteiger partial charge in [0.25, 0.3) is 0 Å². The van der Waals surface area contributed by atoms with E-state index in [-0.39, 0.29) is 11.9 Å². The summed E-state index contributed by atoms with van der Waals surface area (Å²) in [4.78, 5) is 0. The summed E-state index contributed by atoms with van der Waals surface area (Å²) in [5.74, 6) is 1.19. The highest BCUT2D eigenvalue weighted by Gasteiger charge is 2.20. The van der Waals surface area contributed by atoms with Gasteiger partial charge in [0.15, 0.2) is 0 Å². The minimum Gasteiger partial charge on any atom is -0.490 e. The molecule has 1 aromatic rings. The van der Waals surface area contributed by atoms with Gasteiger partial charge in [0.2, 0.25) is 0 Å². The Morgan fingerprint density at radius 3 is 2.90 bits per heavy atom. The van der Waals surface area contributed by atoms with Crippen LogP contribution in [0.2, 0.25) is 0 Å². The van der Waals surface area contributed by atoms with E-state index in [0.717, 1.165) is 31.4 Å². The van der Waals surface area contributed by atoms with Crippen LogP contribution in [-0.2, 0) is 6.54 Å². The Morgan fingerprint density at radius 2 is 2.15 bits per heavy atom. The molecule has 0 bridgehead atoms. The van der Waals surface area contributed by atoms with E-state index in [1.54, 1.807) is 6.07 Å². The van der Waals surface area contributed by atoms with Gasteiger partial charge in [-0.15, -0.1) is 0 Å². The van der Waals surface area contributed by atoms with Crippen molar-refractivity contribution < 1.29 is 9.13 Å². The lowest BCUT2D eigenvalue weighted by Crippen LogP contribution is -2.24. The van der Waals surface area contributed by atoms with Gasteiger partial charge >= 0.3 is 0 Å². The molecule has 1 saturated carbocycles. The van der Waals surface area contributed by atoms with Crippen molar-refractivity contribution in [2.45, 2.75) is 58.6 Å². The normalized spacial score (nSPS) is 22.8. The Bertz CT molecular complexity index is 421. The van der Waals surface area contributed by atoms with Crippen molar-refractivity contribution in [3.63, 3.8) is 0 Å². The molecule has 0 aliphatic heterocycles. The second kappa shape index (κ2) is 7.63. The highest BCUT2D eigenvalue weighted by molar-refractivity contribution is 5.29. The van der Waals surface area contributed by atoms with Crippen molar-refractivity contribution in [2.75, 3.05) is 6.54 Å². The van der Waals surface area contributed by atoms with E-state index in [4.69, 9.17) is 4.74 Å². The van der Waals surface area contributed by atoms with E-state index < -0.39 is 0 Å². The monoisotopic (exact) mass is 279 g/mol. The third-order valence-electron chi connectivity index (χ3n) is 3.88. The van der Waals surface area contributed by atoms with E-state index >= 15 is 0 Å². The maximum atomic E-state index is 13.7. The molecule has 0 heterocycles. The zero-order valence-corrected chi connectivity index (χ0v) is 12.6. The summed E-state index contributed by atoms with van der Waals surface area (Å²) in [7, 11) is 0. The molecule has 0 spiro atoms. The first-order chi connectivity index (χ1) is 9.67. The number of rotatable bonds is 6. The maximum absolute atomic E-state index is 13.7. The van der Waals surface area contributed by atoms with Gasteiger partial charge in [-0.2, -0.15) is 0 Å². The van der Waals surface area contributed by atoms with Crippen LogP contribution in [0, 0.1) is 11.7 Å². The van der Waals surface area contributed by atoms with Crippen LogP contribution in [0.25, 0.3) is 0 Å². The average Bonchev–Trinajstić information content (AvgIpc) is 2.38. The zero-order valence-electron chi connectivity index (χ0n) is 12.6. The quantitative estimate of drug-likeness (QED) is 0.785. The van der Waals surface area contributed by atoms with E-state index in [9.17, 15) is 4.39 Å². The number of nitrogens with one attached hydrogen (secondary N) is 1. The minimum atomic E-state index is -0.209. The molecule has 1 N–H and O–H groups in total. The lowest BCUT2D eigenvalue weighted by Gasteiger charge is -2.27. The topological polar surface area (TPSA) is 21.3 Å². The standard InChI is InChI=1S/C17H26FNO/c1-3-7-19-12-14-9-15(18)11-17(10-14)20-16-6-4-5-13(2)8-16/h9-11,13,16,19H,3-8,12H2,1-2H3. The van der Waals surface area contributed by atoms with Crippen LogP contribution in [-0.4, -0.2) is 12.6 Å². The van der Waals surface area contributed by atoms with Crippen molar-refractivity contribution >= 4 is 0 Å². The molecule has 112 valence electrons. The third-order valence-corrected chi connectivity index (χ3v) is 3.88. The molecule has 0 radical (unpaired) electrons. The van der Waals surface area contributed by atoms with Crippen molar-refractivity contribution in [3.8, 4) is 5.75 Å². The Morgan fingerprint density at radius 1 is 1.30 bits per heavy atom. The Hall–Kier alpha value is -1.09. The predicted molar refractivity (Wildman–Crippen MR) is 80.4 cm³/mol. The molecular formula is C17H26FNO. The molecule has 2 rings (SSSR count). The molecule has 2 nitrogen and oxygen atoms in total. The summed E-state index contributed by atoms with van der Waals surface area (Å²) in [6.07, 6.45) is 6.00. The highest BCUT2D eigenvalue weighted by Crippen LogP contribution is 2.28. The van der Waals surface area contributed by atoms with Crippen LogP contribution < -0.4 is 10.1 Å². The first-order valence-electron chi connectivity index (χ1n) is 7.84. The molecule has 3 heteroatoms. The number of ether oxygens (including phenoxy) is 1. The summed E-state index contributed by atoms with van der Waals surface area (Å²) in [6, 6.07) is 5.05.